The highest BCUT2D eigenvalue weighted by molar-refractivity contribution is 5.68. The maximum atomic E-state index is 10.2. The third-order valence-corrected chi connectivity index (χ3v) is 0.434. The second-order valence-electron chi connectivity index (χ2n) is 0.947. The minimum Gasteiger partial charge on any atom is -0.434 e. The van der Waals surface area contributed by atoms with Gasteiger partial charge in [0.2, 0.25) is 0 Å². The average molecular weight is 116 g/mol. The van der Waals surface area contributed by atoms with Gasteiger partial charge in [0.1, 0.15) is 6.73 Å². The molecule has 0 radical (unpaired) electrons. The van der Waals surface area contributed by atoms with E-state index >= 15 is 0 Å². The Kier molecular flexibility index (Phi) is 3.60. The monoisotopic (exact) mass is 116 g/mol. The highest BCUT2D eigenvalue weighted by Gasteiger charge is 1.91. The van der Waals surface area contributed by atoms with E-state index in [1.165, 1.54) is 6.20 Å². The summed E-state index contributed by atoms with van der Waals surface area (Å²) in [6.07, 6.45) is 0.639. The molecule has 0 atom stereocenters. The SMILES string of the molecule is C=CNC(=O)OCN. The van der Waals surface area contributed by atoms with Crippen molar-refractivity contribution in [2.75, 3.05) is 6.73 Å². The Morgan fingerprint density at radius 2 is 2.62 bits per heavy atom. The van der Waals surface area contributed by atoms with E-state index in [4.69, 9.17) is 5.73 Å². The van der Waals surface area contributed by atoms with Crippen molar-refractivity contribution in [3.8, 4) is 0 Å². The largest absolute Gasteiger partial charge is 0.434 e. The van der Waals surface area contributed by atoms with Gasteiger partial charge in [0, 0.05) is 0 Å². The molecule has 0 rings (SSSR count). The molecule has 0 fully saturated rings. The fourth-order valence-corrected chi connectivity index (χ4v) is 0.201. The van der Waals surface area contributed by atoms with Crippen LogP contribution in [0.2, 0.25) is 0 Å². The Bertz CT molecular complexity index is 92.0. The zero-order valence-electron chi connectivity index (χ0n) is 4.39. The lowest BCUT2D eigenvalue weighted by atomic mass is 10.9. The number of alkyl carbamates (subject to hydrolysis) is 1. The molecule has 0 saturated heterocycles. The van der Waals surface area contributed by atoms with Crippen molar-refractivity contribution < 1.29 is 9.53 Å². The van der Waals surface area contributed by atoms with Crippen LogP contribution in [-0.4, -0.2) is 12.8 Å². The summed E-state index contributed by atoms with van der Waals surface area (Å²) in [4.78, 5) is 10.2. The summed E-state index contributed by atoms with van der Waals surface area (Å²) in [6.45, 7) is 3.12. The van der Waals surface area contributed by atoms with Gasteiger partial charge in [-0.05, 0) is 6.20 Å². The minimum absolute atomic E-state index is 0.111. The van der Waals surface area contributed by atoms with Crippen molar-refractivity contribution in [3.63, 3.8) is 0 Å². The van der Waals surface area contributed by atoms with Crippen LogP contribution in [0, 0.1) is 0 Å². The molecule has 0 aliphatic heterocycles. The zero-order valence-corrected chi connectivity index (χ0v) is 4.39. The van der Waals surface area contributed by atoms with Gasteiger partial charge in [-0.15, -0.1) is 0 Å². The topological polar surface area (TPSA) is 64.3 Å². The smallest absolute Gasteiger partial charge is 0.412 e. The first-order valence-electron chi connectivity index (χ1n) is 2.05. The molecule has 0 unspecified atom stereocenters. The number of carbonyl (C=O) groups excluding carboxylic acids is 1. The molecule has 3 N–H and O–H groups in total. The van der Waals surface area contributed by atoms with Gasteiger partial charge in [-0.3, -0.25) is 11.1 Å². The van der Waals surface area contributed by atoms with E-state index in [0.29, 0.717) is 0 Å². The molecule has 0 heterocycles. The van der Waals surface area contributed by atoms with Crippen molar-refractivity contribution in [2.45, 2.75) is 0 Å². The van der Waals surface area contributed by atoms with Gasteiger partial charge in [0.25, 0.3) is 0 Å². The van der Waals surface area contributed by atoms with E-state index < -0.39 is 6.09 Å². The second kappa shape index (κ2) is 4.14. The molecule has 0 aliphatic rings. The van der Waals surface area contributed by atoms with Gasteiger partial charge in [0.15, 0.2) is 0 Å². The molecule has 0 aromatic carbocycles. The van der Waals surface area contributed by atoms with E-state index in [9.17, 15) is 4.79 Å². The number of nitrogens with two attached hydrogens (primary N) is 1. The van der Waals surface area contributed by atoms with Crippen molar-refractivity contribution in [2.24, 2.45) is 5.73 Å². The van der Waals surface area contributed by atoms with Gasteiger partial charge in [-0.2, -0.15) is 0 Å². The standard InChI is InChI=1S/C4H8N2O2/c1-2-6-4(7)8-3-5/h2H,1,3,5H2,(H,6,7). The van der Waals surface area contributed by atoms with E-state index in [-0.39, 0.29) is 6.73 Å². The van der Waals surface area contributed by atoms with Gasteiger partial charge >= 0.3 is 6.09 Å². The first-order chi connectivity index (χ1) is 3.81. The van der Waals surface area contributed by atoms with Crippen LogP contribution in [0.1, 0.15) is 0 Å². The van der Waals surface area contributed by atoms with Gasteiger partial charge in [0.05, 0.1) is 0 Å². The first-order valence-corrected chi connectivity index (χ1v) is 2.05. The molecule has 0 saturated carbocycles. The van der Waals surface area contributed by atoms with E-state index in [2.05, 4.69) is 16.6 Å². The van der Waals surface area contributed by atoms with Gasteiger partial charge < -0.3 is 4.74 Å². The molecule has 8 heavy (non-hydrogen) atoms. The van der Waals surface area contributed by atoms with Gasteiger partial charge in [-0.25, -0.2) is 4.79 Å². The fourth-order valence-electron chi connectivity index (χ4n) is 0.201. The number of nitrogens with one attached hydrogen (secondary N) is 1. The molecule has 1 amide bonds. The summed E-state index contributed by atoms with van der Waals surface area (Å²) in [7, 11) is 0. The highest BCUT2D eigenvalue weighted by Crippen LogP contribution is 1.69. The molecular weight excluding hydrogens is 108 g/mol. The second-order valence-corrected chi connectivity index (χ2v) is 0.947. The third-order valence-electron chi connectivity index (χ3n) is 0.434. The molecule has 0 spiro atoms. The Morgan fingerprint density at radius 3 is 3.00 bits per heavy atom. The summed E-state index contributed by atoms with van der Waals surface area (Å²) < 4.78 is 4.24. The summed E-state index contributed by atoms with van der Waals surface area (Å²) in [5.74, 6) is 0. The Labute approximate surface area is 47.3 Å². The van der Waals surface area contributed by atoms with E-state index in [1.807, 2.05) is 0 Å². The first kappa shape index (κ1) is 6.97. The Morgan fingerprint density at radius 1 is 2.00 bits per heavy atom. The quantitative estimate of drug-likeness (QED) is 0.490. The molecule has 46 valence electrons. The van der Waals surface area contributed by atoms with Crippen molar-refractivity contribution in [1.29, 1.82) is 0 Å². The maximum Gasteiger partial charge on any atom is 0.412 e. The zero-order chi connectivity index (χ0) is 6.41. The molecular formula is C4H8N2O2. The normalized spacial score (nSPS) is 7.62. The van der Waals surface area contributed by atoms with E-state index in [0.717, 1.165) is 0 Å². The number of carbonyl (C=O) groups is 1. The van der Waals surface area contributed by atoms with Crippen LogP contribution in [0.5, 0.6) is 0 Å². The number of rotatable bonds is 2. The van der Waals surface area contributed by atoms with Crippen LogP contribution in [0.25, 0.3) is 0 Å². The predicted molar refractivity (Wildman–Crippen MR) is 28.9 cm³/mol. The Hall–Kier alpha value is -1.03. The van der Waals surface area contributed by atoms with Crippen LogP contribution in [0.15, 0.2) is 12.8 Å². The minimum atomic E-state index is -0.581. The fraction of sp³-hybridized carbons (Fsp3) is 0.250. The van der Waals surface area contributed by atoms with Crippen molar-refractivity contribution >= 4 is 6.09 Å². The molecule has 4 nitrogen and oxygen atoms in total. The molecule has 0 aromatic rings. The lowest BCUT2D eigenvalue weighted by molar-refractivity contribution is 0.153. The average Bonchev–Trinajstić information content (AvgIpc) is 1.68. The number of ether oxygens (including phenoxy) is 1. The Balaban J connectivity index is 3.18. The predicted octanol–water partition coefficient (Wildman–Crippen LogP) is -0.228. The summed E-state index contributed by atoms with van der Waals surface area (Å²) >= 11 is 0. The van der Waals surface area contributed by atoms with Crippen LogP contribution in [-0.2, 0) is 4.74 Å². The van der Waals surface area contributed by atoms with Crippen LogP contribution >= 0.6 is 0 Å². The van der Waals surface area contributed by atoms with Crippen LogP contribution < -0.4 is 11.1 Å². The van der Waals surface area contributed by atoms with Crippen LogP contribution in [0.3, 0.4) is 0 Å². The number of hydrogen-bond donors (Lipinski definition) is 2. The number of hydrogen-bond acceptors (Lipinski definition) is 3. The van der Waals surface area contributed by atoms with Gasteiger partial charge in [-0.1, -0.05) is 6.58 Å². The summed E-state index contributed by atoms with van der Waals surface area (Å²) in [5, 5.41) is 2.17. The van der Waals surface area contributed by atoms with Crippen LogP contribution in [0.4, 0.5) is 4.79 Å². The van der Waals surface area contributed by atoms with Crippen molar-refractivity contribution in [1.82, 2.24) is 5.32 Å². The number of amides is 1. The summed E-state index contributed by atoms with van der Waals surface area (Å²) in [5.41, 5.74) is 4.84. The lowest BCUT2D eigenvalue weighted by Gasteiger charge is -1.96. The molecule has 0 bridgehead atoms. The third kappa shape index (κ3) is 3.17. The van der Waals surface area contributed by atoms with E-state index in [1.54, 1.807) is 0 Å². The summed E-state index contributed by atoms with van der Waals surface area (Å²) in [6, 6.07) is 0. The maximum absolute atomic E-state index is 10.2. The van der Waals surface area contributed by atoms with Crippen molar-refractivity contribution in [3.05, 3.63) is 12.8 Å². The lowest BCUT2D eigenvalue weighted by Crippen LogP contribution is -2.21. The highest BCUT2D eigenvalue weighted by atomic mass is 16.6. The molecule has 4 heteroatoms. The molecule has 0 aliphatic carbocycles. The molecule has 0 aromatic heterocycles.